The second-order valence-electron chi connectivity index (χ2n) is 7.68. The highest BCUT2D eigenvalue weighted by Crippen LogP contribution is 2.32. The normalized spacial score (nSPS) is 10.5. The fourth-order valence-electron chi connectivity index (χ4n) is 2.91. The fraction of sp³-hybridized carbons (Fsp3) is 0.750. The molecule has 0 atom stereocenters. The number of hydrogen-bond acceptors (Lipinski definition) is 6. The van der Waals surface area contributed by atoms with Gasteiger partial charge in [0, 0.05) is 0 Å². The molecular weight excluding hydrogens is 416 g/mol. The van der Waals surface area contributed by atoms with Gasteiger partial charge in [0.2, 0.25) is 0 Å². The summed E-state index contributed by atoms with van der Waals surface area (Å²) in [6.45, 7) is 9.98. The molecule has 0 aromatic rings. The van der Waals surface area contributed by atoms with Crippen molar-refractivity contribution in [3.8, 4) is 0 Å². The molecule has 8 nitrogen and oxygen atoms in total. The van der Waals surface area contributed by atoms with Gasteiger partial charge in [-0.25, -0.2) is 0 Å². The summed E-state index contributed by atoms with van der Waals surface area (Å²) < 4.78 is 9.46. The number of carbonyl (C=O) groups is 4. The Morgan fingerprint density at radius 1 is 0.750 bits per heavy atom. The molecule has 0 spiro atoms. The molecule has 0 aromatic heterocycles. The largest absolute Gasteiger partial charge is 0.480 e. The fourth-order valence-corrected chi connectivity index (χ4v) is 2.91. The van der Waals surface area contributed by atoms with Gasteiger partial charge >= 0.3 is 23.9 Å². The van der Waals surface area contributed by atoms with Gasteiger partial charge in [0.15, 0.2) is 5.41 Å². The van der Waals surface area contributed by atoms with Crippen LogP contribution in [0.4, 0.5) is 0 Å². The highest BCUT2D eigenvalue weighted by atomic mass is 16.6. The van der Waals surface area contributed by atoms with Gasteiger partial charge in [0.05, 0.1) is 6.61 Å². The third-order valence-corrected chi connectivity index (χ3v) is 4.89. The van der Waals surface area contributed by atoms with E-state index in [1.54, 1.807) is 0 Å². The zero-order valence-electron chi connectivity index (χ0n) is 20.0. The monoisotopic (exact) mass is 458 g/mol. The molecule has 0 fully saturated rings. The summed E-state index contributed by atoms with van der Waals surface area (Å²) in [5, 5.41) is 18.4. The molecule has 0 heterocycles. The van der Waals surface area contributed by atoms with Crippen LogP contribution in [0.5, 0.6) is 0 Å². The van der Waals surface area contributed by atoms with E-state index in [1.165, 1.54) is 6.08 Å². The van der Waals surface area contributed by atoms with E-state index < -0.39 is 29.3 Å². The second kappa shape index (κ2) is 20.5. The van der Waals surface area contributed by atoms with Crippen molar-refractivity contribution >= 4 is 23.9 Å². The standard InChI is InChI=1S/C13H24O4.C11H18O4/c1-3-5-7-9-13(11(14)15,12(16)17)10-8-6-4-2;1-3-5-6-8-15-11(13)9-10(12)14-7-4-2/h3-10H2,1-2H3,(H,14,15)(H,16,17);4H,2-3,5-9H2,1H3. The Balaban J connectivity index is 0. The summed E-state index contributed by atoms with van der Waals surface area (Å²) >= 11 is 0. The van der Waals surface area contributed by atoms with E-state index in [-0.39, 0.29) is 25.9 Å². The Morgan fingerprint density at radius 3 is 1.59 bits per heavy atom. The summed E-state index contributed by atoms with van der Waals surface area (Å²) in [7, 11) is 0. The first-order valence-corrected chi connectivity index (χ1v) is 11.6. The van der Waals surface area contributed by atoms with Crippen LogP contribution in [0, 0.1) is 5.41 Å². The topological polar surface area (TPSA) is 127 Å². The Kier molecular flexibility index (Phi) is 20.4. The molecule has 0 radical (unpaired) electrons. The maximum absolute atomic E-state index is 11.3. The molecule has 0 bridgehead atoms. The van der Waals surface area contributed by atoms with Gasteiger partial charge in [-0.15, -0.1) is 0 Å². The molecule has 186 valence electrons. The first kappa shape index (κ1) is 31.8. The molecule has 0 aliphatic heterocycles. The van der Waals surface area contributed by atoms with Crippen molar-refractivity contribution in [1.82, 2.24) is 0 Å². The minimum atomic E-state index is -1.57. The number of ether oxygens (including phenoxy) is 2. The van der Waals surface area contributed by atoms with Crippen molar-refractivity contribution in [3.63, 3.8) is 0 Å². The Hall–Kier alpha value is -2.38. The van der Waals surface area contributed by atoms with Crippen LogP contribution in [0.2, 0.25) is 0 Å². The molecule has 0 aliphatic rings. The molecule has 0 saturated carbocycles. The number of unbranched alkanes of at least 4 members (excludes halogenated alkanes) is 6. The zero-order chi connectivity index (χ0) is 24.8. The van der Waals surface area contributed by atoms with E-state index in [2.05, 4.69) is 18.2 Å². The third kappa shape index (κ3) is 15.4. The van der Waals surface area contributed by atoms with Crippen molar-refractivity contribution in [3.05, 3.63) is 12.7 Å². The zero-order valence-corrected chi connectivity index (χ0v) is 20.0. The van der Waals surface area contributed by atoms with Gasteiger partial charge in [0.1, 0.15) is 13.0 Å². The molecule has 0 unspecified atom stereocenters. The minimum Gasteiger partial charge on any atom is -0.480 e. The van der Waals surface area contributed by atoms with Crippen molar-refractivity contribution in [2.45, 2.75) is 97.8 Å². The number of hydrogen-bond donors (Lipinski definition) is 2. The van der Waals surface area contributed by atoms with Crippen LogP contribution in [0.15, 0.2) is 12.7 Å². The van der Waals surface area contributed by atoms with Crippen molar-refractivity contribution in [2.24, 2.45) is 5.41 Å². The molecule has 0 amide bonds. The van der Waals surface area contributed by atoms with Gasteiger partial charge in [-0.1, -0.05) is 84.8 Å². The maximum Gasteiger partial charge on any atom is 0.321 e. The lowest BCUT2D eigenvalue weighted by Crippen LogP contribution is -2.39. The number of carboxylic acid groups (broad SMARTS) is 2. The second-order valence-corrected chi connectivity index (χ2v) is 7.68. The van der Waals surface area contributed by atoms with Crippen LogP contribution >= 0.6 is 0 Å². The van der Waals surface area contributed by atoms with Gasteiger partial charge in [-0.3, -0.25) is 19.2 Å². The summed E-state index contributed by atoms with van der Waals surface area (Å²) in [6, 6.07) is 0. The lowest BCUT2D eigenvalue weighted by Gasteiger charge is -2.24. The molecular formula is C24H42O8. The summed E-state index contributed by atoms with van der Waals surface area (Å²) in [6.07, 6.45) is 9.58. The summed E-state index contributed by atoms with van der Waals surface area (Å²) in [4.78, 5) is 44.5. The Morgan fingerprint density at radius 2 is 1.19 bits per heavy atom. The van der Waals surface area contributed by atoms with E-state index in [1.807, 2.05) is 13.8 Å². The smallest absolute Gasteiger partial charge is 0.321 e. The quantitative estimate of drug-likeness (QED) is 0.125. The summed E-state index contributed by atoms with van der Waals surface area (Å²) in [5.41, 5.74) is -1.57. The lowest BCUT2D eigenvalue weighted by molar-refractivity contribution is -0.166. The van der Waals surface area contributed by atoms with Gasteiger partial charge < -0.3 is 19.7 Å². The van der Waals surface area contributed by atoms with Crippen LogP contribution in [0.25, 0.3) is 0 Å². The van der Waals surface area contributed by atoms with Gasteiger partial charge in [0.25, 0.3) is 0 Å². The van der Waals surface area contributed by atoms with Gasteiger partial charge in [-0.05, 0) is 19.3 Å². The molecule has 8 heteroatoms. The minimum absolute atomic E-state index is 0.127. The van der Waals surface area contributed by atoms with E-state index in [0.717, 1.165) is 44.9 Å². The van der Waals surface area contributed by atoms with E-state index in [4.69, 9.17) is 4.74 Å². The SMILES string of the molecule is C=CCOC(=O)CC(=O)OCCCCC.CCCCCC(CCCCC)(C(=O)O)C(=O)O. The predicted octanol–water partition coefficient (Wildman–Crippen LogP) is 5.14. The van der Waals surface area contributed by atoms with Crippen molar-refractivity contribution in [2.75, 3.05) is 13.2 Å². The number of carbonyl (C=O) groups excluding carboxylic acids is 2. The molecule has 0 rings (SSSR count). The Labute approximate surface area is 192 Å². The molecule has 0 aliphatic carbocycles. The van der Waals surface area contributed by atoms with Crippen molar-refractivity contribution in [1.29, 1.82) is 0 Å². The third-order valence-electron chi connectivity index (χ3n) is 4.89. The number of rotatable bonds is 18. The highest BCUT2D eigenvalue weighted by molar-refractivity contribution is 5.98. The van der Waals surface area contributed by atoms with Crippen LogP contribution < -0.4 is 0 Å². The number of aliphatic carboxylic acids is 2. The van der Waals surface area contributed by atoms with E-state index >= 15 is 0 Å². The first-order valence-electron chi connectivity index (χ1n) is 11.6. The van der Waals surface area contributed by atoms with Crippen LogP contribution in [0.3, 0.4) is 0 Å². The number of carboxylic acids is 2. The lowest BCUT2D eigenvalue weighted by atomic mass is 9.78. The van der Waals surface area contributed by atoms with Crippen LogP contribution in [-0.2, 0) is 28.7 Å². The predicted molar refractivity (Wildman–Crippen MR) is 122 cm³/mol. The molecule has 0 aromatic carbocycles. The maximum atomic E-state index is 11.3. The average molecular weight is 459 g/mol. The number of esters is 2. The first-order chi connectivity index (χ1) is 15.2. The van der Waals surface area contributed by atoms with Crippen LogP contribution in [-0.4, -0.2) is 47.3 Å². The Bertz CT molecular complexity index is 530. The molecule has 32 heavy (non-hydrogen) atoms. The average Bonchev–Trinajstić information content (AvgIpc) is 2.74. The van der Waals surface area contributed by atoms with E-state index in [0.29, 0.717) is 19.4 Å². The van der Waals surface area contributed by atoms with Crippen LogP contribution in [0.1, 0.15) is 97.8 Å². The van der Waals surface area contributed by atoms with Gasteiger partial charge in [-0.2, -0.15) is 0 Å². The molecule has 2 N–H and O–H groups in total. The van der Waals surface area contributed by atoms with Crippen molar-refractivity contribution < 1.29 is 38.9 Å². The highest BCUT2D eigenvalue weighted by Gasteiger charge is 2.45. The molecule has 0 saturated heterocycles. The summed E-state index contributed by atoms with van der Waals surface area (Å²) in [5.74, 6) is -3.47. The van der Waals surface area contributed by atoms with E-state index in [9.17, 15) is 29.4 Å².